The number of halogens is 1. The number of aliphatic hydroxyl groups is 1. The quantitative estimate of drug-likeness (QED) is 0.844. The lowest BCUT2D eigenvalue weighted by Crippen LogP contribution is -2.44. The molecule has 0 saturated heterocycles. The molecule has 0 fully saturated rings. The maximum absolute atomic E-state index is 13.2. The summed E-state index contributed by atoms with van der Waals surface area (Å²) < 4.78 is 23.3. The van der Waals surface area contributed by atoms with E-state index in [0.29, 0.717) is 11.4 Å². The van der Waals surface area contributed by atoms with Gasteiger partial charge in [0, 0.05) is 19.8 Å². The van der Waals surface area contributed by atoms with Crippen LogP contribution in [0.5, 0.6) is 0 Å². The van der Waals surface area contributed by atoms with Crippen molar-refractivity contribution < 1.29 is 23.4 Å². The van der Waals surface area contributed by atoms with Crippen LogP contribution < -0.4 is 4.90 Å². The van der Waals surface area contributed by atoms with Crippen molar-refractivity contribution >= 4 is 11.7 Å². The van der Waals surface area contributed by atoms with Crippen molar-refractivity contribution in [1.82, 2.24) is 4.90 Å². The summed E-state index contributed by atoms with van der Waals surface area (Å²) in [5, 5.41) is 9.81. The number of likely N-dealkylation sites (N-methyl/N-ethyl adjacent to an activating group) is 1. The fraction of sp³-hybridized carbons (Fsp3) is 0.353. The Hall–Kier alpha value is -2.38. The number of furan rings is 1. The Balaban J connectivity index is 2.17. The predicted molar refractivity (Wildman–Crippen MR) is 87.2 cm³/mol. The summed E-state index contributed by atoms with van der Waals surface area (Å²) in [6, 6.07) is 8.77. The standard InChI is InChI=1S/C17H21FN2O4/c1-19(10-15(21)12-23-2)17(22)20(11-16-4-3-9-24-16)14-7-5-13(18)6-8-14/h3-9,15,21H,10-12H2,1-2H3. The van der Waals surface area contributed by atoms with Crippen LogP contribution in [0, 0.1) is 5.82 Å². The highest BCUT2D eigenvalue weighted by atomic mass is 19.1. The molecule has 130 valence electrons. The lowest BCUT2D eigenvalue weighted by Gasteiger charge is -2.29. The lowest BCUT2D eigenvalue weighted by molar-refractivity contribution is 0.0495. The summed E-state index contributed by atoms with van der Waals surface area (Å²) in [6.07, 6.45) is 0.733. The van der Waals surface area contributed by atoms with Crippen LogP contribution in [0.15, 0.2) is 47.1 Å². The molecule has 24 heavy (non-hydrogen) atoms. The van der Waals surface area contributed by atoms with E-state index in [9.17, 15) is 14.3 Å². The van der Waals surface area contributed by atoms with E-state index in [-0.39, 0.29) is 31.5 Å². The van der Waals surface area contributed by atoms with Gasteiger partial charge in [0.2, 0.25) is 0 Å². The van der Waals surface area contributed by atoms with Crippen molar-refractivity contribution in [3.63, 3.8) is 0 Å². The highest BCUT2D eigenvalue weighted by Crippen LogP contribution is 2.20. The number of nitrogens with zero attached hydrogens (tertiary/aromatic N) is 2. The zero-order chi connectivity index (χ0) is 17.5. The van der Waals surface area contributed by atoms with Crippen LogP contribution in [0.25, 0.3) is 0 Å². The van der Waals surface area contributed by atoms with Gasteiger partial charge in [-0.1, -0.05) is 0 Å². The third-order valence-corrected chi connectivity index (χ3v) is 3.43. The van der Waals surface area contributed by atoms with Crippen LogP contribution in [0.2, 0.25) is 0 Å². The Morgan fingerprint density at radius 2 is 2.04 bits per heavy atom. The number of ether oxygens (including phenoxy) is 1. The maximum atomic E-state index is 13.2. The van der Waals surface area contributed by atoms with E-state index >= 15 is 0 Å². The normalized spacial score (nSPS) is 12.0. The summed E-state index contributed by atoms with van der Waals surface area (Å²) >= 11 is 0. The van der Waals surface area contributed by atoms with E-state index in [1.165, 1.54) is 47.4 Å². The number of hydrogen-bond acceptors (Lipinski definition) is 4. The molecule has 1 heterocycles. The summed E-state index contributed by atoms with van der Waals surface area (Å²) in [6.45, 7) is 0.442. The second kappa shape index (κ2) is 8.47. The van der Waals surface area contributed by atoms with Crippen LogP contribution in [-0.2, 0) is 11.3 Å². The van der Waals surface area contributed by atoms with Gasteiger partial charge in [-0.05, 0) is 36.4 Å². The van der Waals surface area contributed by atoms with Crippen molar-refractivity contribution in [3.8, 4) is 0 Å². The van der Waals surface area contributed by atoms with Crippen molar-refractivity contribution in [2.75, 3.05) is 32.2 Å². The van der Waals surface area contributed by atoms with Gasteiger partial charge in [-0.2, -0.15) is 0 Å². The maximum Gasteiger partial charge on any atom is 0.324 e. The first kappa shape index (κ1) is 18.0. The summed E-state index contributed by atoms with van der Waals surface area (Å²) in [5.41, 5.74) is 0.533. The summed E-state index contributed by atoms with van der Waals surface area (Å²) in [7, 11) is 3.06. The van der Waals surface area contributed by atoms with Gasteiger partial charge < -0.3 is 19.2 Å². The third-order valence-electron chi connectivity index (χ3n) is 3.43. The topological polar surface area (TPSA) is 66.2 Å². The summed E-state index contributed by atoms with van der Waals surface area (Å²) in [4.78, 5) is 15.6. The number of benzene rings is 1. The lowest BCUT2D eigenvalue weighted by atomic mass is 10.2. The Kier molecular flexibility index (Phi) is 6.34. The molecule has 1 unspecified atom stereocenters. The molecule has 7 heteroatoms. The SMILES string of the molecule is COCC(O)CN(C)C(=O)N(Cc1ccco1)c1ccc(F)cc1. The average molecular weight is 336 g/mol. The second-order valence-electron chi connectivity index (χ2n) is 5.41. The number of hydrogen-bond donors (Lipinski definition) is 1. The zero-order valence-corrected chi connectivity index (χ0v) is 13.7. The number of methoxy groups -OCH3 is 1. The van der Waals surface area contributed by atoms with E-state index in [4.69, 9.17) is 9.15 Å². The van der Waals surface area contributed by atoms with Crippen molar-refractivity contribution in [2.45, 2.75) is 12.6 Å². The molecule has 1 atom stereocenters. The van der Waals surface area contributed by atoms with Gasteiger partial charge in [-0.3, -0.25) is 4.90 Å². The molecule has 6 nitrogen and oxygen atoms in total. The number of urea groups is 1. The first-order chi connectivity index (χ1) is 11.5. The highest BCUT2D eigenvalue weighted by Gasteiger charge is 2.23. The molecular weight excluding hydrogens is 315 g/mol. The van der Waals surface area contributed by atoms with Gasteiger partial charge in [0.15, 0.2) is 0 Å². The fourth-order valence-electron chi connectivity index (χ4n) is 2.29. The first-order valence-electron chi connectivity index (χ1n) is 7.49. The van der Waals surface area contributed by atoms with E-state index < -0.39 is 6.10 Å². The van der Waals surface area contributed by atoms with Gasteiger partial charge in [0.25, 0.3) is 0 Å². The molecule has 0 bridgehead atoms. The van der Waals surface area contributed by atoms with Crippen LogP contribution >= 0.6 is 0 Å². The minimum atomic E-state index is -0.789. The van der Waals surface area contributed by atoms with E-state index in [2.05, 4.69) is 0 Å². The summed E-state index contributed by atoms with van der Waals surface area (Å²) in [5.74, 6) is 0.214. The van der Waals surface area contributed by atoms with Crippen LogP contribution in [0.1, 0.15) is 5.76 Å². The molecular formula is C17H21FN2O4. The molecule has 0 aliphatic carbocycles. The largest absolute Gasteiger partial charge is 0.467 e. The Morgan fingerprint density at radius 1 is 1.33 bits per heavy atom. The molecule has 0 aliphatic rings. The van der Waals surface area contributed by atoms with E-state index in [1.54, 1.807) is 19.2 Å². The van der Waals surface area contributed by atoms with Gasteiger partial charge in [-0.25, -0.2) is 9.18 Å². The van der Waals surface area contributed by atoms with Gasteiger partial charge in [0.1, 0.15) is 11.6 Å². The predicted octanol–water partition coefficient (Wildman–Crippen LogP) is 2.48. The third kappa shape index (κ3) is 4.81. The Labute approximate surface area is 140 Å². The number of rotatable bonds is 7. The van der Waals surface area contributed by atoms with Crippen LogP contribution in [0.4, 0.5) is 14.9 Å². The molecule has 0 saturated carbocycles. The number of carbonyl (C=O) groups excluding carboxylic acids is 1. The van der Waals surface area contributed by atoms with Gasteiger partial charge >= 0.3 is 6.03 Å². The van der Waals surface area contributed by atoms with Gasteiger partial charge in [0.05, 0.1) is 32.1 Å². The van der Waals surface area contributed by atoms with Crippen LogP contribution in [0.3, 0.4) is 0 Å². The minimum Gasteiger partial charge on any atom is -0.467 e. The van der Waals surface area contributed by atoms with Crippen LogP contribution in [-0.4, -0.2) is 49.5 Å². The molecule has 0 aliphatic heterocycles. The van der Waals surface area contributed by atoms with E-state index in [1.807, 2.05) is 0 Å². The van der Waals surface area contributed by atoms with Crippen molar-refractivity contribution in [1.29, 1.82) is 0 Å². The molecule has 2 aromatic rings. The monoisotopic (exact) mass is 336 g/mol. The molecule has 1 aromatic heterocycles. The highest BCUT2D eigenvalue weighted by molar-refractivity contribution is 5.91. The number of amides is 2. The molecule has 1 N–H and O–H groups in total. The molecule has 1 aromatic carbocycles. The number of carbonyl (C=O) groups is 1. The minimum absolute atomic E-state index is 0.114. The molecule has 0 spiro atoms. The number of anilines is 1. The first-order valence-corrected chi connectivity index (χ1v) is 7.49. The van der Waals surface area contributed by atoms with Gasteiger partial charge in [-0.15, -0.1) is 0 Å². The second-order valence-corrected chi connectivity index (χ2v) is 5.41. The molecule has 2 amide bonds. The Bertz CT molecular complexity index is 631. The van der Waals surface area contributed by atoms with Crippen molar-refractivity contribution in [2.24, 2.45) is 0 Å². The van der Waals surface area contributed by atoms with Crippen molar-refractivity contribution in [3.05, 3.63) is 54.2 Å². The number of aliphatic hydroxyl groups excluding tert-OH is 1. The van der Waals surface area contributed by atoms with E-state index in [0.717, 1.165) is 0 Å². The molecule has 0 radical (unpaired) electrons. The molecule has 2 rings (SSSR count). The zero-order valence-electron chi connectivity index (χ0n) is 13.7. The Morgan fingerprint density at radius 3 is 2.62 bits per heavy atom. The fourth-order valence-corrected chi connectivity index (χ4v) is 2.29. The smallest absolute Gasteiger partial charge is 0.324 e. The average Bonchev–Trinajstić information content (AvgIpc) is 3.06.